The van der Waals surface area contributed by atoms with Gasteiger partial charge in [-0.2, -0.15) is 0 Å². The number of halogens is 1. The second-order valence-corrected chi connectivity index (χ2v) is 1.31. The molecule has 0 spiro atoms. The van der Waals surface area contributed by atoms with Crippen LogP contribution < -0.4 is 0 Å². The van der Waals surface area contributed by atoms with E-state index in [1.807, 2.05) is 6.08 Å². The minimum atomic E-state index is 0.847. The Labute approximate surface area is 63.8 Å². The third kappa shape index (κ3) is 4.61. The van der Waals surface area contributed by atoms with E-state index in [2.05, 4.69) is 6.26 Å². The Bertz CT molecular complexity index is 57.4. The van der Waals surface area contributed by atoms with Crippen LogP contribution in [0.5, 0.6) is 0 Å². The van der Waals surface area contributed by atoms with Gasteiger partial charge in [-0.05, 0) is 6.42 Å². The summed E-state index contributed by atoms with van der Waals surface area (Å²) in [5.41, 5.74) is 0. The average molecular weight is 184 g/mol. The molecule has 1 aliphatic rings. The molecule has 0 atom stereocenters. The molecule has 0 aromatic rings. The average Bonchev–Trinajstić information content (AvgIpc) is 1.96. The van der Waals surface area contributed by atoms with Crippen LogP contribution in [-0.4, -0.2) is 6.61 Å². The Kier molecular flexibility index (Phi) is 7.88. The third-order valence-corrected chi connectivity index (χ3v) is 0.762. The molecule has 0 unspecified atom stereocenters. The summed E-state index contributed by atoms with van der Waals surface area (Å²) in [5, 5.41) is 0. The summed E-state index contributed by atoms with van der Waals surface area (Å²) in [6, 6.07) is 0. The number of allylic oxidation sites excluding steroid dienone is 1. The van der Waals surface area contributed by atoms with E-state index in [-0.39, 0.29) is 0 Å². The van der Waals surface area contributed by atoms with Gasteiger partial charge in [0, 0.05) is 6.61 Å². The van der Waals surface area contributed by atoms with Crippen molar-refractivity contribution in [1.82, 2.24) is 0 Å². The van der Waals surface area contributed by atoms with Gasteiger partial charge in [0.25, 0.3) is 0 Å². The molecule has 1 heterocycles. The molecular formula is C5H7ClOZn. The van der Waals surface area contributed by atoms with E-state index >= 15 is 0 Å². The fourth-order valence-electron chi connectivity index (χ4n) is 0.434. The molecule has 0 N–H and O–H groups in total. The molecule has 0 radical (unpaired) electrons. The summed E-state index contributed by atoms with van der Waals surface area (Å²) in [6.45, 7) is 0.858. The van der Waals surface area contributed by atoms with E-state index in [1.165, 1.54) is 0 Å². The molecular weight excluding hydrogens is 177 g/mol. The predicted octanol–water partition coefficient (Wildman–Crippen LogP) is 1.80. The molecule has 0 aromatic heterocycles. The molecule has 1 aliphatic heterocycles. The van der Waals surface area contributed by atoms with Crippen molar-refractivity contribution in [3.8, 4) is 0 Å². The summed E-state index contributed by atoms with van der Waals surface area (Å²) in [4.78, 5) is 0. The Morgan fingerprint density at radius 1 is 1.62 bits per heavy atom. The molecule has 0 saturated carbocycles. The predicted molar refractivity (Wildman–Crippen MR) is 28.9 cm³/mol. The molecule has 42 valence electrons. The van der Waals surface area contributed by atoms with Crippen LogP contribution in [0.15, 0.2) is 6.08 Å². The van der Waals surface area contributed by atoms with Crippen LogP contribution in [0.25, 0.3) is 0 Å². The van der Waals surface area contributed by atoms with E-state index in [0.29, 0.717) is 0 Å². The summed E-state index contributed by atoms with van der Waals surface area (Å²) < 4.78 is 4.76. The third-order valence-electron chi connectivity index (χ3n) is 0.762. The number of hydrogen-bond donors (Lipinski definition) is 0. The van der Waals surface area contributed by atoms with Gasteiger partial charge in [0.1, 0.15) is 0 Å². The molecule has 0 amide bonds. The molecule has 0 saturated heterocycles. The van der Waals surface area contributed by atoms with Gasteiger partial charge in [-0.25, -0.2) is 6.08 Å². The number of rotatable bonds is 0. The standard InChI is InChI=1S/C5H7O.ClH.Zn/c1-2-4-6-5-3-1;;/h2H,1,3,5H2;1H;/q-1;;+2/p-1. The van der Waals surface area contributed by atoms with E-state index in [0.717, 1.165) is 36.8 Å². The molecule has 0 fully saturated rings. The van der Waals surface area contributed by atoms with Crippen molar-refractivity contribution in [3.63, 3.8) is 0 Å². The van der Waals surface area contributed by atoms with Crippen LogP contribution in [0.4, 0.5) is 0 Å². The topological polar surface area (TPSA) is 9.23 Å². The monoisotopic (exact) mass is 182 g/mol. The van der Waals surface area contributed by atoms with Crippen LogP contribution in [0.1, 0.15) is 12.8 Å². The first-order valence-corrected chi connectivity index (χ1v) is 6.36. The molecule has 0 bridgehead atoms. The molecule has 0 aliphatic carbocycles. The zero-order valence-electron chi connectivity index (χ0n) is 4.69. The molecule has 0 aromatic carbocycles. The second-order valence-electron chi connectivity index (χ2n) is 1.31. The van der Waals surface area contributed by atoms with E-state index < -0.39 is 0 Å². The maximum absolute atomic E-state index is 4.76. The van der Waals surface area contributed by atoms with Gasteiger partial charge >= 0.3 is 27.0 Å². The Hall–Kier alpha value is 0.453. The minimum absolute atomic E-state index is 0.847. The first-order valence-electron chi connectivity index (χ1n) is 2.46. The first kappa shape index (κ1) is 8.45. The van der Waals surface area contributed by atoms with Gasteiger partial charge in [-0.15, -0.1) is 0 Å². The van der Waals surface area contributed by atoms with Gasteiger partial charge in [0.15, 0.2) is 0 Å². The normalized spacial score (nSPS) is 15.9. The van der Waals surface area contributed by atoms with Crippen LogP contribution in [0, 0.1) is 6.26 Å². The Balaban J connectivity index is 0.000000222. The second kappa shape index (κ2) is 7.45. The number of hydrogen-bond acceptors (Lipinski definition) is 1. The van der Waals surface area contributed by atoms with Crippen LogP contribution in [-0.2, 0) is 22.0 Å². The zero-order chi connectivity index (χ0) is 6.24. The van der Waals surface area contributed by atoms with Crippen LogP contribution in [0.3, 0.4) is 0 Å². The first-order chi connectivity index (χ1) is 4.00. The van der Waals surface area contributed by atoms with Crippen molar-refractivity contribution < 1.29 is 22.0 Å². The fourth-order valence-corrected chi connectivity index (χ4v) is 0.434. The molecule has 8 heavy (non-hydrogen) atoms. The van der Waals surface area contributed by atoms with E-state index in [9.17, 15) is 0 Å². The summed E-state index contributed by atoms with van der Waals surface area (Å²) >= 11 is 0.847. The quantitative estimate of drug-likeness (QED) is 0.412. The van der Waals surface area contributed by atoms with E-state index in [4.69, 9.17) is 14.4 Å². The fraction of sp³-hybridized carbons (Fsp3) is 0.600. The van der Waals surface area contributed by atoms with Gasteiger partial charge in [0.2, 0.25) is 0 Å². The van der Waals surface area contributed by atoms with Crippen LogP contribution in [0.2, 0.25) is 0 Å². The van der Waals surface area contributed by atoms with Gasteiger partial charge in [0.05, 0.1) is 0 Å². The molecule has 1 nitrogen and oxygen atoms in total. The van der Waals surface area contributed by atoms with Crippen molar-refractivity contribution in [3.05, 3.63) is 12.3 Å². The summed E-state index contributed by atoms with van der Waals surface area (Å²) in [5.74, 6) is 0. The van der Waals surface area contributed by atoms with Crippen molar-refractivity contribution in [2.24, 2.45) is 0 Å². The Morgan fingerprint density at radius 3 is 2.50 bits per heavy atom. The summed E-state index contributed by atoms with van der Waals surface area (Å²) in [6.07, 6.45) is 6.88. The van der Waals surface area contributed by atoms with Crippen molar-refractivity contribution in [1.29, 1.82) is 0 Å². The van der Waals surface area contributed by atoms with E-state index in [1.54, 1.807) is 0 Å². The van der Waals surface area contributed by atoms with Gasteiger partial charge in [-0.1, -0.05) is 6.42 Å². The Morgan fingerprint density at radius 2 is 2.38 bits per heavy atom. The molecule has 3 heteroatoms. The van der Waals surface area contributed by atoms with Crippen molar-refractivity contribution >= 4 is 9.69 Å². The molecule has 1 rings (SSSR count). The van der Waals surface area contributed by atoms with Gasteiger partial charge < -0.3 is 11.0 Å². The number of ether oxygens (including phenoxy) is 1. The van der Waals surface area contributed by atoms with Crippen molar-refractivity contribution in [2.45, 2.75) is 12.8 Å². The maximum atomic E-state index is 4.76. The van der Waals surface area contributed by atoms with Crippen LogP contribution >= 0.6 is 9.69 Å². The zero-order valence-corrected chi connectivity index (χ0v) is 8.42. The van der Waals surface area contributed by atoms with Gasteiger partial charge in [-0.3, -0.25) is 0 Å². The summed E-state index contributed by atoms with van der Waals surface area (Å²) in [7, 11) is 4.76. The SMILES string of the molecule is [C-]1=CCCCO1.[Cl][Zn+]. The van der Waals surface area contributed by atoms with Crippen molar-refractivity contribution in [2.75, 3.05) is 6.61 Å².